The molecule has 414 valence electrons. The van der Waals surface area contributed by atoms with Crippen molar-refractivity contribution in [3.8, 4) is 0 Å². The monoisotopic (exact) mass is 1040 g/mol. The second kappa shape index (κ2) is 46.2. The normalized spacial score (nSPS) is 13.2. The number of nitrogens with zero attached hydrogens (tertiary/aromatic N) is 2. The molecule has 0 bridgehead atoms. The van der Waals surface area contributed by atoms with E-state index in [0.29, 0.717) is 13.2 Å². The van der Waals surface area contributed by atoms with Crippen molar-refractivity contribution in [3.63, 3.8) is 0 Å². The van der Waals surface area contributed by atoms with Crippen molar-refractivity contribution >= 4 is 35.7 Å². The summed E-state index contributed by atoms with van der Waals surface area (Å²) in [6.45, 7) is 19.1. The zero-order chi connectivity index (χ0) is 52.8. The third-order valence-electron chi connectivity index (χ3n) is 13.8. The van der Waals surface area contributed by atoms with Gasteiger partial charge in [-0.2, -0.15) is 0 Å². The summed E-state index contributed by atoms with van der Waals surface area (Å²) in [5.74, 6) is 0. The minimum atomic E-state index is 0.708. The van der Waals surface area contributed by atoms with Crippen LogP contribution in [0.15, 0.2) is 71.8 Å². The number of allylic oxidation sites excluding steroid dienone is 6. The molecule has 2 aromatic rings. The van der Waals surface area contributed by atoms with Crippen LogP contribution in [-0.2, 0) is 22.8 Å². The molecule has 3 rings (SSSR count). The Bertz CT molecular complexity index is 1680. The standard InChI is InChI=1S/C64H100N2.2C2H5O.Ni/c1-7-13-19-23-27-31-35-39-43-55-49-56(44-40-36-32-28-24-20-14-8-2)52-59(51-55)63-61(47-17-11-5)62(48-18-12-6)64(66(63)65)60-53-57(45-41-37-33-29-25-21-15-9-3)50-58(54-60)46-42-38-34-30-26-22-16-10-4;2*1-2-3;/h39-46,49-54H,7-38,47-48H2,1-6H3;2*2H2,1H3;/q;2*-1;+2. The van der Waals surface area contributed by atoms with E-state index in [2.05, 4.69) is 127 Å². The Balaban J connectivity index is 0.00000242. The van der Waals surface area contributed by atoms with Crippen molar-refractivity contribution in [2.45, 2.75) is 274 Å². The molecule has 0 unspecified atom stereocenters. The van der Waals surface area contributed by atoms with Gasteiger partial charge >= 0.3 is 49.9 Å². The Morgan fingerprint density at radius 1 is 0.356 bits per heavy atom. The van der Waals surface area contributed by atoms with Crippen molar-refractivity contribution in [1.82, 2.24) is 0 Å². The van der Waals surface area contributed by atoms with Crippen molar-refractivity contribution < 1.29 is 27.5 Å². The van der Waals surface area contributed by atoms with Gasteiger partial charge in [-0.25, -0.2) is 4.70 Å². The SMILES string of the molecule is CCCCCCCCC=Cc1cc(C=CCCCCCCCC)cc(C2=C(CCCC)C(CCCC)=C(c3cc(C=CCCCCCCCC)cc(C=CCCCCCCCC)c3)[N+]2=[N-])c1.CC[O][Ni][O]CC. The molecule has 0 amide bonds. The van der Waals surface area contributed by atoms with Crippen LogP contribution in [0.3, 0.4) is 0 Å². The van der Waals surface area contributed by atoms with Crippen LogP contribution in [0.5, 0.6) is 0 Å². The zero-order valence-corrected chi connectivity index (χ0v) is 49.6. The van der Waals surface area contributed by atoms with E-state index in [1.165, 1.54) is 187 Å². The molecule has 5 heteroatoms. The molecule has 0 atom stereocenters. The summed E-state index contributed by atoms with van der Waals surface area (Å²) in [5.41, 5.74) is 24.7. The first-order valence-electron chi connectivity index (χ1n) is 30.7. The molecular weight excluding hydrogens is 935 g/mol. The Hall–Kier alpha value is -3.11. The first-order valence-corrected chi connectivity index (χ1v) is 31.5. The zero-order valence-electron chi connectivity index (χ0n) is 48.6. The summed E-state index contributed by atoms with van der Waals surface area (Å²) in [7, 11) is 0. The van der Waals surface area contributed by atoms with E-state index in [0.717, 1.165) is 102 Å². The second-order valence-electron chi connectivity index (χ2n) is 20.6. The van der Waals surface area contributed by atoms with Crippen molar-refractivity contribution in [2.24, 2.45) is 0 Å². The number of benzene rings is 2. The van der Waals surface area contributed by atoms with Crippen LogP contribution in [0.4, 0.5) is 0 Å². The fourth-order valence-corrected chi connectivity index (χ4v) is 9.97. The van der Waals surface area contributed by atoms with Gasteiger partial charge in [-0.3, -0.25) is 0 Å². The van der Waals surface area contributed by atoms with E-state index >= 15 is 0 Å². The van der Waals surface area contributed by atoms with Crippen LogP contribution >= 0.6 is 0 Å². The molecule has 4 nitrogen and oxygen atoms in total. The van der Waals surface area contributed by atoms with Crippen molar-refractivity contribution in [1.29, 1.82) is 0 Å². The molecule has 0 saturated carbocycles. The fourth-order valence-electron chi connectivity index (χ4n) is 9.65. The molecule has 0 saturated heterocycles. The molecule has 0 aliphatic carbocycles. The van der Waals surface area contributed by atoms with Gasteiger partial charge in [0.05, 0.1) is 0 Å². The molecule has 0 N–H and O–H groups in total. The molecule has 0 aromatic heterocycles. The first-order chi connectivity index (χ1) is 35.9. The predicted molar refractivity (Wildman–Crippen MR) is 321 cm³/mol. The Morgan fingerprint density at radius 2 is 0.616 bits per heavy atom. The molecule has 1 aliphatic rings. The Morgan fingerprint density at radius 3 is 0.877 bits per heavy atom. The van der Waals surface area contributed by atoms with Gasteiger partial charge in [-0.1, -0.05) is 231 Å². The first kappa shape index (κ1) is 66.0. The summed E-state index contributed by atoms with van der Waals surface area (Å²) in [6, 6.07) is 14.1. The average molecular weight is 1050 g/mol. The van der Waals surface area contributed by atoms with Gasteiger partial charge in [0.2, 0.25) is 11.4 Å². The van der Waals surface area contributed by atoms with E-state index in [-0.39, 0.29) is 0 Å². The Labute approximate surface area is 458 Å². The van der Waals surface area contributed by atoms with E-state index in [1.54, 1.807) is 4.70 Å². The maximum atomic E-state index is 12.8. The van der Waals surface area contributed by atoms with Crippen LogP contribution in [-0.4, -0.2) is 17.9 Å². The van der Waals surface area contributed by atoms with Gasteiger partial charge in [0.25, 0.3) is 0 Å². The number of hydrogen-bond donors (Lipinski definition) is 0. The topological polar surface area (TPSA) is 43.8 Å². The molecule has 0 fully saturated rings. The van der Waals surface area contributed by atoms with Gasteiger partial charge in [-0.05, 0) is 136 Å². The third kappa shape index (κ3) is 30.3. The fraction of sp³-hybridized carbons (Fsp3) is 0.647. The van der Waals surface area contributed by atoms with E-state index in [9.17, 15) is 5.53 Å². The van der Waals surface area contributed by atoms with Gasteiger partial charge < -0.3 is 5.53 Å². The van der Waals surface area contributed by atoms with E-state index in [1.807, 2.05) is 13.8 Å². The maximum absolute atomic E-state index is 12.8. The number of rotatable bonds is 44. The van der Waals surface area contributed by atoms with Crippen LogP contribution in [0.1, 0.15) is 307 Å². The average Bonchev–Trinajstić information content (AvgIpc) is 3.68. The van der Waals surface area contributed by atoms with Crippen LogP contribution < -0.4 is 0 Å². The molecule has 2 aromatic carbocycles. The Kier molecular flexibility index (Phi) is 41.8. The summed E-state index contributed by atoms with van der Waals surface area (Å²) < 4.78 is 11.2. The van der Waals surface area contributed by atoms with Gasteiger partial charge in [-0.15, -0.1) is 0 Å². The number of hydrogen-bond acceptors (Lipinski definition) is 2. The molecule has 0 radical (unpaired) electrons. The van der Waals surface area contributed by atoms with Gasteiger partial charge in [0.1, 0.15) is 0 Å². The second-order valence-corrected chi connectivity index (χ2v) is 21.3. The van der Waals surface area contributed by atoms with Crippen LogP contribution in [0.25, 0.3) is 41.2 Å². The van der Waals surface area contributed by atoms with Crippen LogP contribution in [0.2, 0.25) is 0 Å². The van der Waals surface area contributed by atoms with Crippen LogP contribution in [0, 0.1) is 0 Å². The van der Waals surface area contributed by atoms with Gasteiger partial charge in [0.15, 0.2) is 0 Å². The minimum absolute atomic E-state index is 0.708. The summed E-state index contributed by atoms with van der Waals surface area (Å²) in [4.78, 5) is 0. The molecule has 0 spiro atoms. The van der Waals surface area contributed by atoms with Crippen molar-refractivity contribution in [2.75, 3.05) is 13.2 Å². The summed E-state index contributed by atoms with van der Waals surface area (Å²) in [6.07, 6.45) is 61.5. The molecule has 1 aliphatic heterocycles. The molecule has 73 heavy (non-hydrogen) atoms. The number of unbranched alkanes of at least 4 members (excludes halogenated alkanes) is 26. The van der Waals surface area contributed by atoms with Gasteiger partial charge in [0, 0.05) is 22.3 Å². The van der Waals surface area contributed by atoms with Crippen molar-refractivity contribution in [3.05, 3.63) is 111 Å². The molecule has 1 heterocycles. The third-order valence-corrected chi connectivity index (χ3v) is 14.6. The predicted octanol–water partition coefficient (Wildman–Crippen LogP) is 23.3. The molecular formula is C68H110N2NiO2. The summed E-state index contributed by atoms with van der Waals surface area (Å²) >= 11 is 0.899. The quantitative estimate of drug-likeness (QED) is 0.0377. The van der Waals surface area contributed by atoms with E-state index < -0.39 is 0 Å². The van der Waals surface area contributed by atoms with E-state index in [4.69, 9.17) is 7.76 Å². The summed E-state index contributed by atoms with van der Waals surface area (Å²) in [5, 5.41) is 0.